The molecule has 0 saturated heterocycles. The fraction of sp³-hybridized carbons (Fsp3) is 0.333. The summed E-state index contributed by atoms with van der Waals surface area (Å²) in [4.78, 5) is 23.1. The standard InChI is InChI=1S/C12H15NO3S/c1-3-13-11(14)8(2)17-10-6-4-5-9(7-10)12(15)16/h4-8H,3H2,1-2H3,(H,13,14)(H,15,16). The highest BCUT2D eigenvalue weighted by Crippen LogP contribution is 2.24. The number of carbonyl (C=O) groups excluding carboxylic acids is 1. The third kappa shape index (κ3) is 4.11. The summed E-state index contributed by atoms with van der Waals surface area (Å²) in [7, 11) is 0. The SMILES string of the molecule is CCNC(=O)C(C)Sc1cccc(C(=O)O)c1. The largest absolute Gasteiger partial charge is 0.478 e. The average molecular weight is 253 g/mol. The van der Waals surface area contributed by atoms with Gasteiger partial charge in [0.15, 0.2) is 0 Å². The van der Waals surface area contributed by atoms with E-state index in [1.807, 2.05) is 6.92 Å². The Morgan fingerprint density at radius 3 is 2.76 bits per heavy atom. The molecule has 0 aromatic heterocycles. The molecule has 17 heavy (non-hydrogen) atoms. The molecule has 5 heteroatoms. The Kier molecular flexibility index (Phi) is 5.03. The quantitative estimate of drug-likeness (QED) is 0.788. The van der Waals surface area contributed by atoms with Crippen LogP contribution in [0.2, 0.25) is 0 Å². The van der Waals surface area contributed by atoms with Gasteiger partial charge in [0.05, 0.1) is 10.8 Å². The Balaban J connectivity index is 2.71. The summed E-state index contributed by atoms with van der Waals surface area (Å²) in [6.07, 6.45) is 0. The second-order valence-corrected chi connectivity index (χ2v) is 4.90. The first-order valence-electron chi connectivity index (χ1n) is 5.32. The van der Waals surface area contributed by atoms with Crippen molar-refractivity contribution in [2.45, 2.75) is 24.0 Å². The van der Waals surface area contributed by atoms with Gasteiger partial charge in [-0.2, -0.15) is 0 Å². The number of benzene rings is 1. The number of rotatable bonds is 5. The van der Waals surface area contributed by atoms with Crippen molar-refractivity contribution >= 4 is 23.6 Å². The molecule has 0 heterocycles. The number of hydrogen-bond donors (Lipinski definition) is 2. The lowest BCUT2D eigenvalue weighted by atomic mass is 10.2. The molecule has 0 aliphatic heterocycles. The average Bonchev–Trinajstić information content (AvgIpc) is 2.29. The number of aromatic carboxylic acids is 1. The van der Waals surface area contributed by atoms with Crippen LogP contribution in [0.15, 0.2) is 29.2 Å². The van der Waals surface area contributed by atoms with E-state index in [-0.39, 0.29) is 16.7 Å². The highest BCUT2D eigenvalue weighted by molar-refractivity contribution is 8.00. The maximum atomic E-state index is 11.5. The van der Waals surface area contributed by atoms with Gasteiger partial charge in [-0.05, 0) is 32.0 Å². The summed E-state index contributed by atoms with van der Waals surface area (Å²) >= 11 is 1.35. The molecule has 0 aliphatic rings. The van der Waals surface area contributed by atoms with Gasteiger partial charge in [-0.3, -0.25) is 4.79 Å². The van der Waals surface area contributed by atoms with Crippen molar-refractivity contribution < 1.29 is 14.7 Å². The van der Waals surface area contributed by atoms with Gasteiger partial charge in [0, 0.05) is 11.4 Å². The summed E-state index contributed by atoms with van der Waals surface area (Å²) in [5, 5.41) is 11.3. The van der Waals surface area contributed by atoms with Crippen LogP contribution in [0.4, 0.5) is 0 Å². The highest BCUT2D eigenvalue weighted by Gasteiger charge is 2.14. The zero-order chi connectivity index (χ0) is 12.8. The Hall–Kier alpha value is -1.49. The molecule has 0 bridgehead atoms. The van der Waals surface area contributed by atoms with Crippen LogP contribution >= 0.6 is 11.8 Å². The molecule has 0 aliphatic carbocycles. The molecule has 0 radical (unpaired) electrons. The first-order valence-corrected chi connectivity index (χ1v) is 6.20. The van der Waals surface area contributed by atoms with Crippen LogP contribution in [0.5, 0.6) is 0 Å². The molecule has 0 saturated carbocycles. The Morgan fingerprint density at radius 2 is 2.18 bits per heavy atom. The summed E-state index contributed by atoms with van der Waals surface area (Å²) in [6.45, 7) is 4.25. The lowest BCUT2D eigenvalue weighted by Gasteiger charge is -2.10. The minimum atomic E-state index is -0.960. The molecule has 0 fully saturated rings. The van der Waals surface area contributed by atoms with Crippen molar-refractivity contribution in [2.75, 3.05) is 6.54 Å². The van der Waals surface area contributed by atoms with Crippen LogP contribution < -0.4 is 5.32 Å². The second kappa shape index (κ2) is 6.30. The lowest BCUT2D eigenvalue weighted by molar-refractivity contribution is -0.120. The number of nitrogens with one attached hydrogen (secondary N) is 1. The van der Waals surface area contributed by atoms with Crippen molar-refractivity contribution in [2.24, 2.45) is 0 Å². The first kappa shape index (κ1) is 13.6. The zero-order valence-corrected chi connectivity index (χ0v) is 10.6. The van der Waals surface area contributed by atoms with Gasteiger partial charge in [-0.25, -0.2) is 4.79 Å². The molecule has 1 unspecified atom stereocenters. The van der Waals surface area contributed by atoms with Crippen LogP contribution in [0.1, 0.15) is 24.2 Å². The minimum Gasteiger partial charge on any atom is -0.478 e. The van der Waals surface area contributed by atoms with Crippen LogP contribution in [0, 0.1) is 0 Å². The second-order valence-electron chi connectivity index (χ2n) is 3.49. The summed E-state index contributed by atoms with van der Waals surface area (Å²) < 4.78 is 0. The third-order valence-electron chi connectivity index (χ3n) is 2.11. The number of thioether (sulfide) groups is 1. The van der Waals surface area contributed by atoms with Gasteiger partial charge >= 0.3 is 5.97 Å². The Morgan fingerprint density at radius 1 is 1.47 bits per heavy atom. The number of hydrogen-bond acceptors (Lipinski definition) is 3. The van der Waals surface area contributed by atoms with E-state index in [4.69, 9.17) is 5.11 Å². The number of carboxylic acids is 1. The maximum absolute atomic E-state index is 11.5. The van der Waals surface area contributed by atoms with Crippen LogP contribution in [-0.4, -0.2) is 28.8 Å². The van der Waals surface area contributed by atoms with E-state index in [1.54, 1.807) is 25.1 Å². The van der Waals surface area contributed by atoms with Crippen molar-refractivity contribution in [3.05, 3.63) is 29.8 Å². The fourth-order valence-electron chi connectivity index (χ4n) is 1.28. The minimum absolute atomic E-state index is 0.0433. The fourth-order valence-corrected chi connectivity index (χ4v) is 2.23. The van der Waals surface area contributed by atoms with Gasteiger partial charge in [-0.1, -0.05) is 6.07 Å². The van der Waals surface area contributed by atoms with Crippen molar-refractivity contribution in [1.29, 1.82) is 0 Å². The van der Waals surface area contributed by atoms with Gasteiger partial charge in [-0.15, -0.1) is 11.8 Å². The van der Waals surface area contributed by atoms with Gasteiger partial charge in [0.1, 0.15) is 0 Å². The lowest BCUT2D eigenvalue weighted by Crippen LogP contribution is -2.30. The van der Waals surface area contributed by atoms with E-state index in [0.29, 0.717) is 6.54 Å². The van der Waals surface area contributed by atoms with Crippen molar-refractivity contribution in [1.82, 2.24) is 5.32 Å². The predicted octanol–water partition coefficient (Wildman–Crippen LogP) is 2.00. The Labute approximate surface area is 104 Å². The van der Waals surface area contributed by atoms with Crippen molar-refractivity contribution in [3.63, 3.8) is 0 Å². The molecule has 1 amide bonds. The zero-order valence-electron chi connectivity index (χ0n) is 9.77. The van der Waals surface area contributed by atoms with E-state index >= 15 is 0 Å². The molecule has 1 atom stereocenters. The summed E-state index contributed by atoms with van der Waals surface area (Å²) in [6, 6.07) is 6.58. The number of carboxylic acid groups (broad SMARTS) is 1. The first-order chi connectivity index (χ1) is 8.04. The summed E-state index contributed by atoms with van der Waals surface area (Å²) in [5.41, 5.74) is 0.234. The predicted molar refractivity (Wildman–Crippen MR) is 67.4 cm³/mol. The highest BCUT2D eigenvalue weighted by atomic mass is 32.2. The molecule has 92 valence electrons. The molecule has 2 N–H and O–H groups in total. The van der Waals surface area contributed by atoms with E-state index in [9.17, 15) is 9.59 Å². The van der Waals surface area contributed by atoms with E-state index in [1.165, 1.54) is 17.8 Å². The molecule has 1 rings (SSSR count). The smallest absolute Gasteiger partial charge is 0.335 e. The van der Waals surface area contributed by atoms with Crippen LogP contribution in [0.3, 0.4) is 0 Å². The molecular weight excluding hydrogens is 238 g/mol. The van der Waals surface area contributed by atoms with E-state index in [0.717, 1.165) is 4.90 Å². The molecule has 4 nitrogen and oxygen atoms in total. The molecular formula is C12H15NO3S. The van der Waals surface area contributed by atoms with Crippen molar-refractivity contribution in [3.8, 4) is 0 Å². The van der Waals surface area contributed by atoms with Crippen LogP contribution in [-0.2, 0) is 4.79 Å². The topological polar surface area (TPSA) is 66.4 Å². The number of amides is 1. The maximum Gasteiger partial charge on any atom is 0.335 e. The molecule has 1 aromatic rings. The third-order valence-corrected chi connectivity index (χ3v) is 3.21. The summed E-state index contributed by atoms with van der Waals surface area (Å²) in [5.74, 6) is -1.00. The number of carbonyl (C=O) groups is 2. The normalized spacial score (nSPS) is 11.9. The Bertz CT molecular complexity index is 420. The monoisotopic (exact) mass is 253 g/mol. The van der Waals surface area contributed by atoms with Gasteiger partial charge in [0.25, 0.3) is 0 Å². The van der Waals surface area contributed by atoms with E-state index in [2.05, 4.69) is 5.32 Å². The molecule has 1 aromatic carbocycles. The van der Waals surface area contributed by atoms with Crippen LogP contribution in [0.25, 0.3) is 0 Å². The van der Waals surface area contributed by atoms with Gasteiger partial charge < -0.3 is 10.4 Å². The van der Waals surface area contributed by atoms with Gasteiger partial charge in [0.2, 0.25) is 5.91 Å². The van der Waals surface area contributed by atoms with E-state index < -0.39 is 5.97 Å². The molecule has 0 spiro atoms.